The van der Waals surface area contributed by atoms with E-state index in [2.05, 4.69) is 4.74 Å². The van der Waals surface area contributed by atoms with Crippen LogP contribution in [0.5, 0.6) is 0 Å². The molecule has 0 unspecified atom stereocenters. The third-order valence-electron chi connectivity index (χ3n) is 2.65. The van der Waals surface area contributed by atoms with Crippen molar-refractivity contribution >= 4 is 40.1 Å². The van der Waals surface area contributed by atoms with Crippen LogP contribution in [0.4, 0.5) is 0 Å². The number of aliphatic hydroxyl groups excluding tert-OH is 1. The molecule has 0 aliphatic heterocycles. The van der Waals surface area contributed by atoms with E-state index in [9.17, 15) is 9.90 Å². The van der Waals surface area contributed by atoms with Gasteiger partial charge in [0.1, 0.15) is 0 Å². The van der Waals surface area contributed by atoms with Gasteiger partial charge in [-0.15, -0.1) is 11.8 Å². The molecule has 0 saturated heterocycles. The number of halogens is 1. The Bertz CT molecular complexity index is 600. The smallest absolute Gasteiger partial charge is 0.335 e. The number of hydrogen-bond acceptors (Lipinski definition) is 4. The molecule has 19 heavy (non-hydrogen) atoms. The summed E-state index contributed by atoms with van der Waals surface area (Å²) in [4.78, 5) is 12.1. The van der Waals surface area contributed by atoms with Gasteiger partial charge in [-0.05, 0) is 35.0 Å². The first-order valence-corrected chi connectivity index (χ1v) is 7.04. The van der Waals surface area contributed by atoms with Crippen molar-refractivity contribution < 1.29 is 14.6 Å². The molecule has 2 aromatic rings. The molecule has 0 aliphatic carbocycles. The molecule has 0 amide bonds. The Kier molecular flexibility index (Phi) is 4.69. The van der Waals surface area contributed by atoms with E-state index in [0.29, 0.717) is 5.02 Å². The molecule has 0 heterocycles. The minimum absolute atomic E-state index is 0.270. The number of benzene rings is 2. The second-order valence-corrected chi connectivity index (χ2v) is 5.53. The fourth-order valence-corrected chi connectivity index (χ4v) is 2.71. The third kappa shape index (κ3) is 3.62. The van der Waals surface area contributed by atoms with E-state index in [1.165, 1.54) is 18.9 Å². The van der Waals surface area contributed by atoms with Crippen LogP contribution in [0.25, 0.3) is 10.8 Å². The quantitative estimate of drug-likeness (QED) is 0.695. The lowest BCUT2D eigenvalue weighted by molar-refractivity contribution is -0.149. The van der Waals surface area contributed by atoms with Gasteiger partial charge >= 0.3 is 5.97 Å². The van der Waals surface area contributed by atoms with Gasteiger partial charge in [0, 0.05) is 15.7 Å². The second-order valence-electron chi connectivity index (χ2n) is 4.00. The molecule has 0 aliphatic rings. The molecule has 5 heteroatoms. The molecule has 0 spiro atoms. The number of carbonyl (C=O) groups excluding carboxylic acids is 1. The molecular weight excluding hydrogens is 284 g/mol. The minimum Gasteiger partial charge on any atom is -0.467 e. The fourth-order valence-electron chi connectivity index (χ4n) is 1.66. The molecule has 0 fully saturated rings. The van der Waals surface area contributed by atoms with Crippen molar-refractivity contribution in [2.24, 2.45) is 0 Å². The Morgan fingerprint density at radius 3 is 2.74 bits per heavy atom. The molecule has 100 valence electrons. The summed E-state index contributed by atoms with van der Waals surface area (Å²) in [7, 11) is 1.26. The van der Waals surface area contributed by atoms with Crippen molar-refractivity contribution in [2.75, 3.05) is 12.9 Å². The van der Waals surface area contributed by atoms with Gasteiger partial charge in [-0.3, -0.25) is 0 Å². The maximum absolute atomic E-state index is 11.1. The summed E-state index contributed by atoms with van der Waals surface area (Å²) in [5, 5.41) is 12.4. The standard InChI is InChI=1S/C14H13ClO3S/c1-18-14(17)13(16)8-19-12-5-3-9-6-11(15)4-2-10(9)7-12/h2-7,13,16H,8H2,1H3/t13-/m0/s1. The summed E-state index contributed by atoms with van der Waals surface area (Å²) in [6.45, 7) is 0. The zero-order valence-corrected chi connectivity index (χ0v) is 11.9. The Balaban J connectivity index is 2.09. The van der Waals surface area contributed by atoms with E-state index in [1.807, 2.05) is 36.4 Å². The van der Waals surface area contributed by atoms with E-state index in [4.69, 9.17) is 11.6 Å². The SMILES string of the molecule is COC(=O)[C@@H](O)CSc1ccc2cc(Cl)ccc2c1. The fraction of sp³-hybridized carbons (Fsp3) is 0.214. The Hall–Kier alpha value is -1.23. The summed E-state index contributed by atoms with van der Waals surface area (Å²) in [5.74, 6) is -0.341. The average Bonchev–Trinajstić information content (AvgIpc) is 2.43. The van der Waals surface area contributed by atoms with Gasteiger partial charge in [0.05, 0.1) is 7.11 Å². The molecule has 0 radical (unpaired) electrons. The molecule has 2 aromatic carbocycles. The predicted octanol–water partition coefficient (Wildman–Crippen LogP) is 3.12. The van der Waals surface area contributed by atoms with Crippen molar-refractivity contribution in [3.8, 4) is 0 Å². The van der Waals surface area contributed by atoms with Crippen molar-refractivity contribution in [2.45, 2.75) is 11.0 Å². The number of hydrogen-bond donors (Lipinski definition) is 1. The maximum Gasteiger partial charge on any atom is 0.335 e. The van der Waals surface area contributed by atoms with Gasteiger partial charge in [0.2, 0.25) is 0 Å². The van der Waals surface area contributed by atoms with Crippen molar-refractivity contribution in [1.29, 1.82) is 0 Å². The van der Waals surface area contributed by atoms with Gasteiger partial charge in [0.15, 0.2) is 6.10 Å². The number of aliphatic hydroxyl groups is 1. The van der Waals surface area contributed by atoms with E-state index in [0.717, 1.165) is 15.7 Å². The predicted molar refractivity (Wildman–Crippen MR) is 77.7 cm³/mol. The van der Waals surface area contributed by atoms with Crippen LogP contribution in [0, 0.1) is 0 Å². The number of fused-ring (bicyclic) bond motifs is 1. The Labute approximate surface area is 120 Å². The summed E-state index contributed by atoms with van der Waals surface area (Å²) in [6.07, 6.45) is -1.10. The second kappa shape index (κ2) is 6.28. The molecule has 1 N–H and O–H groups in total. The Morgan fingerprint density at radius 1 is 1.32 bits per heavy atom. The van der Waals surface area contributed by atoms with Crippen molar-refractivity contribution in [3.63, 3.8) is 0 Å². The minimum atomic E-state index is -1.10. The van der Waals surface area contributed by atoms with E-state index in [-0.39, 0.29) is 5.75 Å². The van der Waals surface area contributed by atoms with Crippen LogP contribution in [0.1, 0.15) is 0 Å². The van der Waals surface area contributed by atoms with Gasteiger partial charge in [0.25, 0.3) is 0 Å². The lowest BCUT2D eigenvalue weighted by Gasteiger charge is -2.08. The molecule has 0 aromatic heterocycles. The summed E-state index contributed by atoms with van der Waals surface area (Å²) < 4.78 is 4.47. The zero-order chi connectivity index (χ0) is 13.8. The van der Waals surface area contributed by atoms with Crippen molar-refractivity contribution in [1.82, 2.24) is 0 Å². The normalized spacial score (nSPS) is 12.4. The molecule has 0 bridgehead atoms. The first-order chi connectivity index (χ1) is 9.10. The van der Waals surface area contributed by atoms with Gasteiger partial charge in [-0.1, -0.05) is 23.7 Å². The lowest BCUT2D eigenvalue weighted by atomic mass is 10.1. The summed E-state index contributed by atoms with van der Waals surface area (Å²) >= 11 is 7.33. The number of thioether (sulfide) groups is 1. The largest absolute Gasteiger partial charge is 0.467 e. The number of esters is 1. The third-order valence-corrected chi connectivity index (χ3v) is 3.96. The first kappa shape index (κ1) is 14.2. The highest BCUT2D eigenvalue weighted by Crippen LogP contribution is 2.26. The van der Waals surface area contributed by atoms with Crippen LogP contribution in [-0.2, 0) is 9.53 Å². The van der Waals surface area contributed by atoms with Crippen LogP contribution in [0.15, 0.2) is 41.3 Å². The highest BCUT2D eigenvalue weighted by atomic mass is 35.5. The molecule has 1 atom stereocenters. The topological polar surface area (TPSA) is 46.5 Å². The molecular formula is C14H13ClO3S. The van der Waals surface area contributed by atoms with Crippen LogP contribution in [-0.4, -0.2) is 30.0 Å². The highest BCUT2D eigenvalue weighted by Gasteiger charge is 2.15. The highest BCUT2D eigenvalue weighted by molar-refractivity contribution is 7.99. The van der Waals surface area contributed by atoms with E-state index in [1.54, 1.807) is 0 Å². The van der Waals surface area contributed by atoms with Gasteiger partial charge < -0.3 is 9.84 Å². The molecule has 3 nitrogen and oxygen atoms in total. The summed E-state index contributed by atoms with van der Waals surface area (Å²) in [5.41, 5.74) is 0. The Morgan fingerprint density at radius 2 is 2.00 bits per heavy atom. The zero-order valence-electron chi connectivity index (χ0n) is 10.3. The lowest BCUT2D eigenvalue weighted by Crippen LogP contribution is -2.23. The molecule has 2 rings (SSSR count). The maximum atomic E-state index is 11.1. The number of methoxy groups -OCH3 is 1. The first-order valence-electron chi connectivity index (χ1n) is 5.68. The average molecular weight is 297 g/mol. The summed E-state index contributed by atoms with van der Waals surface area (Å²) in [6, 6.07) is 11.6. The van der Waals surface area contributed by atoms with Crippen LogP contribution >= 0.6 is 23.4 Å². The van der Waals surface area contributed by atoms with Crippen LogP contribution in [0.2, 0.25) is 5.02 Å². The van der Waals surface area contributed by atoms with Gasteiger partial charge in [-0.2, -0.15) is 0 Å². The number of carbonyl (C=O) groups is 1. The molecule has 0 saturated carbocycles. The van der Waals surface area contributed by atoms with E-state index >= 15 is 0 Å². The van der Waals surface area contributed by atoms with Crippen LogP contribution < -0.4 is 0 Å². The van der Waals surface area contributed by atoms with E-state index < -0.39 is 12.1 Å². The monoisotopic (exact) mass is 296 g/mol. The number of ether oxygens (including phenoxy) is 1. The van der Waals surface area contributed by atoms with Gasteiger partial charge in [-0.25, -0.2) is 4.79 Å². The van der Waals surface area contributed by atoms with Crippen molar-refractivity contribution in [3.05, 3.63) is 41.4 Å². The van der Waals surface area contributed by atoms with Crippen LogP contribution in [0.3, 0.4) is 0 Å². The number of rotatable bonds is 4.